The molecule has 3 heteroatoms. The summed E-state index contributed by atoms with van der Waals surface area (Å²) >= 11 is 0. The standard InChI is InChI=1S/C22H23N3/c1-24-20-12-6-17(7-13-20)22(16-4-10-19(23)11-5-16)18-8-14-21(15-9-18)25(2)3/h4-15H,1-3H3,(H2,23,24)/p+1. The van der Waals surface area contributed by atoms with Gasteiger partial charge in [0.2, 0.25) is 0 Å². The molecule has 0 radical (unpaired) electrons. The molecular formula is C22H24N3+. The van der Waals surface area contributed by atoms with Crippen molar-refractivity contribution in [2.24, 2.45) is 0 Å². The zero-order valence-corrected chi connectivity index (χ0v) is 15.0. The number of nitrogens with zero attached hydrogens (tertiary/aromatic N) is 1. The van der Waals surface area contributed by atoms with E-state index in [9.17, 15) is 0 Å². The van der Waals surface area contributed by atoms with Crippen LogP contribution in [0.25, 0.3) is 5.57 Å². The number of rotatable bonds is 3. The molecule has 2 aromatic carbocycles. The van der Waals surface area contributed by atoms with Crippen LogP contribution in [0.15, 0.2) is 78.4 Å². The van der Waals surface area contributed by atoms with Crippen molar-refractivity contribution in [3.63, 3.8) is 0 Å². The molecule has 0 saturated heterocycles. The minimum Gasteiger partial charge on any atom is -0.399 e. The Kier molecular flexibility index (Phi) is 4.85. The van der Waals surface area contributed by atoms with Crippen molar-refractivity contribution < 1.29 is 4.58 Å². The smallest absolute Gasteiger partial charge is 0.199 e. The third-order valence-corrected chi connectivity index (χ3v) is 4.33. The van der Waals surface area contributed by atoms with Crippen LogP contribution in [0.4, 0.5) is 11.4 Å². The molecule has 25 heavy (non-hydrogen) atoms. The van der Waals surface area contributed by atoms with Gasteiger partial charge in [-0.15, -0.1) is 0 Å². The van der Waals surface area contributed by atoms with Crippen molar-refractivity contribution in [1.82, 2.24) is 0 Å². The van der Waals surface area contributed by atoms with Gasteiger partial charge in [0.25, 0.3) is 0 Å². The number of nitrogens with one attached hydrogen (secondary N) is 1. The first-order valence-corrected chi connectivity index (χ1v) is 8.37. The van der Waals surface area contributed by atoms with Crippen molar-refractivity contribution in [2.75, 3.05) is 32.2 Å². The van der Waals surface area contributed by atoms with Crippen LogP contribution in [0.3, 0.4) is 0 Å². The van der Waals surface area contributed by atoms with Crippen LogP contribution < -0.4 is 11.1 Å². The second-order valence-corrected chi connectivity index (χ2v) is 6.27. The van der Waals surface area contributed by atoms with Crippen LogP contribution in [0.2, 0.25) is 0 Å². The van der Waals surface area contributed by atoms with Crippen molar-refractivity contribution in [3.05, 3.63) is 89.5 Å². The first kappa shape index (κ1) is 16.8. The first-order chi connectivity index (χ1) is 12.1. The van der Waals surface area contributed by atoms with Gasteiger partial charge in [-0.1, -0.05) is 24.3 Å². The highest BCUT2D eigenvalue weighted by Crippen LogP contribution is 2.30. The summed E-state index contributed by atoms with van der Waals surface area (Å²) in [7, 11) is 6.03. The van der Waals surface area contributed by atoms with E-state index in [0.29, 0.717) is 0 Å². The van der Waals surface area contributed by atoms with E-state index in [1.807, 2.05) is 19.2 Å². The zero-order valence-electron chi connectivity index (χ0n) is 15.0. The quantitative estimate of drug-likeness (QED) is 0.661. The number of allylic oxidation sites excluding steroid dienone is 5. The SMILES string of the molecule is CNc1ccc(C(=C2C=CC(=[N+](C)C)C=C2)c2ccc(N)cc2)cc1. The summed E-state index contributed by atoms with van der Waals surface area (Å²) in [6.45, 7) is 0. The van der Waals surface area contributed by atoms with Crippen LogP contribution in [0.1, 0.15) is 11.1 Å². The van der Waals surface area contributed by atoms with Crippen molar-refractivity contribution in [2.45, 2.75) is 0 Å². The normalized spacial score (nSPS) is 13.1. The minimum absolute atomic E-state index is 0.775. The van der Waals surface area contributed by atoms with Crippen LogP contribution in [0.5, 0.6) is 0 Å². The van der Waals surface area contributed by atoms with Gasteiger partial charge >= 0.3 is 0 Å². The van der Waals surface area contributed by atoms with Gasteiger partial charge in [0.1, 0.15) is 14.1 Å². The number of benzene rings is 2. The van der Waals surface area contributed by atoms with E-state index in [1.165, 1.54) is 22.4 Å². The topological polar surface area (TPSA) is 41.1 Å². The Morgan fingerprint density at radius 2 is 1.32 bits per heavy atom. The average molecular weight is 330 g/mol. The summed E-state index contributed by atoms with van der Waals surface area (Å²) in [5, 5.41) is 3.17. The fourth-order valence-corrected chi connectivity index (χ4v) is 2.88. The highest BCUT2D eigenvalue weighted by molar-refractivity contribution is 6.04. The van der Waals surface area contributed by atoms with Gasteiger partial charge in [-0.05, 0) is 58.7 Å². The molecular weight excluding hydrogens is 306 g/mol. The fourth-order valence-electron chi connectivity index (χ4n) is 2.88. The van der Waals surface area contributed by atoms with E-state index >= 15 is 0 Å². The molecule has 0 fully saturated rings. The third kappa shape index (κ3) is 3.72. The van der Waals surface area contributed by atoms with E-state index in [1.54, 1.807) is 0 Å². The summed E-state index contributed by atoms with van der Waals surface area (Å²) < 4.78 is 2.11. The van der Waals surface area contributed by atoms with E-state index in [4.69, 9.17) is 5.73 Å². The summed E-state index contributed by atoms with van der Waals surface area (Å²) in [6.07, 6.45) is 8.64. The van der Waals surface area contributed by atoms with E-state index < -0.39 is 0 Å². The Morgan fingerprint density at radius 1 is 0.800 bits per heavy atom. The van der Waals surface area contributed by atoms with Gasteiger partial charge in [-0.3, -0.25) is 0 Å². The lowest BCUT2D eigenvalue weighted by Crippen LogP contribution is -2.10. The molecule has 1 aliphatic carbocycles. The van der Waals surface area contributed by atoms with Gasteiger partial charge in [0.15, 0.2) is 5.71 Å². The lowest BCUT2D eigenvalue weighted by molar-refractivity contribution is -0.462. The Hall–Kier alpha value is -3.07. The third-order valence-electron chi connectivity index (χ3n) is 4.33. The molecule has 0 atom stereocenters. The number of nitrogen functional groups attached to an aromatic ring is 1. The zero-order chi connectivity index (χ0) is 17.8. The summed E-state index contributed by atoms with van der Waals surface area (Å²) in [4.78, 5) is 0. The molecule has 0 amide bonds. The molecule has 2 aromatic rings. The molecule has 0 saturated carbocycles. The number of hydrogen-bond acceptors (Lipinski definition) is 2. The lowest BCUT2D eigenvalue weighted by Gasteiger charge is -2.14. The highest BCUT2D eigenvalue weighted by atomic mass is 14.9. The average Bonchev–Trinajstić information content (AvgIpc) is 2.64. The number of anilines is 2. The van der Waals surface area contributed by atoms with Crippen molar-refractivity contribution in [1.29, 1.82) is 0 Å². The van der Waals surface area contributed by atoms with Crippen LogP contribution >= 0.6 is 0 Å². The molecule has 0 unspecified atom stereocenters. The summed E-state index contributed by atoms with van der Waals surface area (Å²) in [5.41, 5.74) is 13.7. The minimum atomic E-state index is 0.775. The molecule has 3 N–H and O–H groups in total. The highest BCUT2D eigenvalue weighted by Gasteiger charge is 2.13. The summed E-state index contributed by atoms with van der Waals surface area (Å²) in [6, 6.07) is 16.6. The molecule has 0 bridgehead atoms. The molecule has 0 aliphatic heterocycles. The number of nitrogens with two attached hydrogens (primary N) is 1. The molecule has 0 aromatic heterocycles. The van der Waals surface area contributed by atoms with Gasteiger partial charge in [-0.25, -0.2) is 4.58 Å². The largest absolute Gasteiger partial charge is 0.399 e. The maximum absolute atomic E-state index is 5.87. The van der Waals surface area contributed by atoms with E-state index in [0.717, 1.165) is 16.9 Å². The molecule has 3 nitrogen and oxygen atoms in total. The monoisotopic (exact) mass is 330 g/mol. The Labute approximate surface area is 149 Å². The maximum atomic E-state index is 5.87. The van der Waals surface area contributed by atoms with Gasteiger partial charge in [0.05, 0.1) is 0 Å². The predicted molar refractivity (Wildman–Crippen MR) is 108 cm³/mol. The summed E-state index contributed by atoms with van der Waals surface area (Å²) in [5.74, 6) is 0. The van der Waals surface area contributed by atoms with Gasteiger partial charge in [0, 0.05) is 30.6 Å². The predicted octanol–water partition coefficient (Wildman–Crippen LogP) is 3.95. The van der Waals surface area contributed by atoms with Crippen molar-refractivity contribution >= 4 is 22.7 Å². The van der Waals surface area contributed by atoms with E-state index in [2.05, 4.69) is 84.7 Å². The Balaban J connectivity index is 2.14. The molecule has 0 heterocycles. The number of hydrogen-bond donors (Lipinski definition) is 2. The Morgan fingerprint density at radius 3 is 1.80 bits per heavy atom. The fraction of sp³-hybridized carbons (Fsp3) is 0.136. The van der Waals surface area contributed by atoms with Gasteiger partial charge in [-0.2, -0.15) is 0 Å². The Bertz CT molecular complexity index is 858. The first-order valence-electron chi connectivity index (χ1n) is 8.37. The van der Waals surface area contributed by atoms with Crippen molar-refractivity contribution in [3.8, 4) is 0 Å². The van der Waals surface area contributed by atoms with Crippen LogP contribution in [0, 0.1) is 0 Å². The second kappa shape index (κ2) is 7.22. The second-order valence-electron chi connectivity index (χ2n) is 6.27. The van der Waals surface area contributed by atoms with Gasteiger partial charge < -0.3 is 11.1 Å². The maximum Gasteiger partial charge on any atom is 0.199 e. The van der Waals surface area contributed by atoms with E-state index in [-0.39, 0.29) is 0 Å². The lowest BCUT2D eigenvalue weighted by atomic mass is 9.90. The molecule has 0 spiro atoms. The molecule has 3 rings (SSSR count). The van der Waals surface area contributed by atoms with Crippen LogP contribution in [-0.2, 0) is 0 Å². The van der Waals surface area contributed by atoms with Crippen LogP contribution in [-0.4, -0.2) is 31.4 Å². The molecule has 126 valence electrons. The molecule has 1 aliphatic rings.